The van der Waals surface area contributed by atoms with Crippen molar-refractivity contribution < 1.29 is 29.1 Å². The summed E-state index contributed by atoms with van der Waals surface area (Å²) < 4.78 is 0. The van der Waals surface area contributed by atoms with Gasteiger partial charge in [0.05, 0.1) is 0 Å². The number of β-lactam (4-membered cyclic amide) rings is 1. The highest BCUT2D eigenvalue weighted by Gasteiger charge is 2.55. The highest BCUT2D eigenvalue weighted by Crippen LogP contribution is 2.45. The van der Waals surface area contributed by atoms with E-state index < -0.39 is 34.8 Å². The quantitative estimate of drug-likeness (QED) is 0.0496. The maximum absolute atomic E-state index is 14.3. The van der Waals surface area contributed by atoms with Gasteiger partial charge >= 0.3 is 5.97 Å². The number of carbonyl (C=O) groups is 4. The van der Waals surface area contributed by atoms with E-state index in [2.05, 4.69) is 20.8 Å². The summed E-state index contributed by atoms with van der Waals surface area (Å²) in [6.45, 7) is 0.440. The Balaban J connectivity index is 1.14. The molecule has 8 rings (SSSR count). The van der Waals surface area contributed by atoms with Gasteiger partial charge < -0.3 is 26.3 Å². The zero-order valence-corrected chi connectivity index (χ0v) is 32.0. The fraction of sp³-hybridized carbons (Fsp3) is 0.171. The normalized spacial score (nSPS) is 21.1. The molecule has 0 unspecified atom stereocenters. The second-order valence-corrected chi connectivity index (χ2v) is 16.1. The van der Waals surface area contributed by atoms with E-state index in [9.17, 15) is 24.3 Å². The third kappa shape index (κ3) is 6.82. The van der Waals surface area contributed by atoms with E-state index in [0.717, 1.165) is 32.9 Å². The minimum absolute atomic E-state index is 0.139. The van der Waals surface area contributed by atoms with Gasteiger partial charge in [0.25, 0.3) is 11.8 Å². The Bertz CT molecular complexity index is 2270. The number of benzene rings is 3. The molecule has 5 heterocycles. The Morgan fingerprint density at radius 3 is 2.16 bits per heavy atom. The average Bonchev–Trinajstić information content (AvgIpc) is 4.01. The van der Waals surface area contributed by atoms with Crippen LogP contribution in [-0.2, 0) is 29.6 Å². The smallest absolute Gasteiger partial charge is 0.352 e. The van der Waals surface area contributed by atoms with Crippen LogP contribution in [0.25, 0.3) is 0 Å². The van der Waals surface area contributed by atoms with E-state index in [4.69, 9.17) is 10.6 Å². The Morgan fingerprint density at radius 1 is 1.00 bits per heavy atom. The first kappa shape index (κ1) is 37.0. The van der Waals surface area contributed by atoms with Crippen molar-refractivity contribution in [1.29, 1.82) is 0 Å². The predicted molar refractivity (Wildman–Crippen MR) is 217 cm³/mol. The van der Waals surface area contributed by atoms with E-state index in [1.165, 1.54) is 28.4 Å². The number of allylic oxidation sites excluding steroid dienone is 4. The molecule has 5 N–H and O–H groups in total. The van der Waals surface area contributed by atoms with E-state index in [1.54, 1.807) is 5.38 Å². The molecule has 2 atom stereocenters. The second-order valence-electron chi connectivity index (χ2n) is 13.1. The van der Waals surface area contributed by atoms with Gasteiger partial charge in [0.15, 0.2) is 10.8 Å². The highest BCUT2D eigenvalue weighted by molar-refractivity contribution is 8.06. The number of fused-ring (bicyclic) bond motifs is 1. The van der Waals surface area contributed by atoms with Crippen molar-refractivity contribution in [3.8, 4) is 0 Å². The molecule has 0 radical (unpaired) electrons. The number of hydrogen-bond donors (Lipinski definition) is 4. The number of carbonyl (C=O) groups excluding carboxylic acids is 3. The first-order valence-electron chi connectivity index (χ1n) is 17.7. The number of thiazole rings is 1. The highest BCUT2D eigenvalue weighted by atomic mass is 32.2. The fourth-order valence-electron chi connectivity index (χ4n) is 7.16. The number of rotatable bonds is 11. The van der Waals surface area contributed by atoms with Crippen molar-refractivity contribution >= 4 is 69.4 Å². The van der Waals surface area contributed by atoms with Crippen LogP contribution in [0.15, 0.2) is 146 Å². The molecule has 0 aliphatic carbocycles. The van der Waals surface area contributed by atoms with Crippen LogP contribution in [0.4, 0.5) is 5.13 Å². The van der Waals surface area contributed by atoms with Crippen LogP contribution in [0.1, 0.15) is 35.2 Å². The maximum Gasteiger partial charge on any atom is 0.352 e. The van der Waals surface area contributed by atoms with Crippen molar-refractivity contribution in [3.63, 3.8) is 0 Å². The summed E-state index contributed by atoms with van der Waals surface area (Å²) >= 11 is 3.93. The molecular formula is C41H34N6O6S3. The lowest BCUT2D eigenvalue weighted by Gasteiger charge is -2.49. The summed E-state index contributed by atoms with van der Waals surface area (Å²) in [7, 11) is 0. The summed E-state index contributed by atoms with van der Waals surface area (Å²) in [6, 6.07) is 27.4. The van der Waals surface area contributed by atoms with Crippen LogP contribution in [0.3, 0.4) is 0 Å². The SMILES string of the molecule is Nc1nc(C(=NOC(c2ccccc2)(c2ccccc2)c2ccccc2)C(=O)N[C@@H]2C(=O)N3C(C(=O)O)=C(C(C=C4CC=CS4)=C4CCNC4=O)CS[C@H]23)cs1. The van der Waals surface area contributed by atoms with Gasteiger partial charge in [-0.2, -0.15) is 0 Å². The number of amides is 3. The lowest BCUT2D eigenvalue weighted by molar-refractivity contribution is -0.150. The summed E-state index contributed by atoms with van der Waals surface area (Å²) in [5.74, 6) is -2.74. The Labute approximate surface area is 334 Å². The van der Waals surface area contributed by atoms with Crippen LogP contribution in [0.5, 0.6) is 0 Å². The first-order chi connectivity index (χ1) is 27.3. The largest absolute Gasteiger partial charge is 0.477 e. The molecule has 4 aromatic rings. The van der Waals surface area contributed by atoms with Crippen molar-refractivity contribution in [3.05, 3.63) is 164 Å². The lowest BCUT2D eigenvalue weighted by atomic mass is 9.80. The van der Waals surface area contributed by atoms with Crippen molar-refractivity contribution in [1.82, 2.24) is 20.5 Å². The number of hydrogen-bond acceptors (Lipinski definition) is 11. The molecule has 2 fully saturated rings. The van der Waals surface area contributed by atoms with Crippen LogP contribution >= 0.6 is 34.9 Å². The molecule has 4 aliphatic rings. The molecule has 2 saturated heterocycles. The van der Waals surface area contributed by atoms with E-state index in [1.807, 2.05) is 109 Å². The number of carboxylic acids is 1. The second kappa shape index (κ2) is 15.7. The average molecular weight is 803 g/mol. The monoisotopic (exact) mass is 802 g/mol. The molecule has 12 nitrogen and oxygen atoms in total. The molecule has 56 heavy (non-hydrogen) atoms. The summed E-state index contributed by atoms with van der Waals surface area (Å²) in [5, 5.41) is 23.7. The van der Waals surface area contributed by atoms with Gasteiger partial charge in [0.2, 0.25) is 11.5 Å². The molecule has 3 aromatic carbocycles. The number of thioether (sulfide) groups is 2. The standard InChI is InChI=1S/C41H34N6O6S3/c42-40-44-31(23-56-40)32(46-53-41(24-11-4-1-5-12-24,25-13-6-2-7-14-25)26-15-8-3-9-16-26)36(49)45-33-37(50)47-34(39(51)52)30(22-55-38(33)47)29(21-27-17-10-20-54-27)28-18-19-43-35(28)48/h1-16,20-21,23,33,38H,17-19,22H2,(H2,42,44)(H,43,48)(H,45,49)(H,51,52)/t33-,38-/m1/s1. The predicted octanol–water partition coefficient (Wildman–Crippen LogP) is 5.53. The Hall–Kier alpha value is -5.90. The number of anilines is 1. The number of nitrogens with two attached hydrogens (primary N) is 1. The van der Waals surface area contributed by atoms with Gasteiger partial charge in [-0.3, -0.25) is 19.3 Å². The summed E-state index contributed by atoms with van der Waals surface area (Å²) in [6.07, 6.45) is 4.94. The van der Waals surface area contributed by atoms with Gasteiger partial charge in [-0.15, -0.1) is 34.9 Å². The molecule has 282 valence electrons. The molecular weight excluding hydrogens is 769 g/mol. The van der Waals surface area contributed by atoms with Gasteiger partial charge in [-0.1, -0.05) is 102 Å². The molecule has 15 heteroatoms. The third-order valence-electron chi connectivity index (χ3n) is 9.78. The van der Waals surface area contributed by atoms with Crippen molar-refractivity contribution in [2.75, 3.05) is 18.0 Å². The lowest BCUT2D eigenvalue weighted by Crippen LogP contribution is -2.71. The molecule has 0 spiro atoms. The topological polar surface area (TPSA) is 176 Å². The van der Waals surface area contributed by atoms with Crippen LogP contribution < -0.4 is 16.4 Å². The number of nitrogens with one attached hydrogen (secondary N) is 2. The Morgan fingerprint density at radius 2 is 1.64 bits per heavy atom. The van der Waals surface area contributed by atoms with Gasteiger partial charge in [0.1, 0.15) is 22.8 Å². The van der Waals surface area contributed by atoms with Gasteiger partial charge in [0, 0.05) is 45.5 Å². The first-order valence-corrected chi connectivity index (χ1v) is 20.5. The van der Waals surface area contributed by atoms with Crippen LogP contribution in [0.2, 0.25) is 0 Å². The zero-order valence-electron chi connectivity index (χ0n) is 29.6. The zero-order chi connectivity index (χ0) is 38.8. The van der Waals surface area contributed by atoms with Crippen molar-refractivity contribution in [2.24, 2.45) is 5.16 Å². The molecule has 0 bridgehead atoms. The number of nitrogens with zero attached hydrogens (tertiary/aromatic N) is 3. The van der Waals surface area contributed by atoms with E-state index in [-0.39, 0.29) is 33.9 Å². The van der Waals surface area contributed by atoms with Crippen LogP contribution in [0, 0.1) is 0 Å². The van der Waals surface area contributed by atoms with E-state index >= 15 is 0 Å². The third-order valence-corrected chi connectivity index (χ3v) is 12.6. The molecule has 4 aliphatic heterocycles. The van der Waals surface area contributed by atoms with Gasteiger partial charge in [-0.05, 0) is 34.8 Å². The minimum Gasteiger partial charge on any atom is -0.477 e. The number of aromatic nitrogens is 1. The maximum atomic E-state index is 14.3. The number of oxime groups is 1. The van der Waals surface area contributed by atoms with Crippen LogP contribution in [-0.4, -0.2) is 68.1 Å². The molecule has 1 aromatic heterocycles. The Kier molecular flexibility index (Phi) is 10.4. The summed E-state index contributed by atoms with van der Waals surface area (Å²) in [5.41, 5.74) is 8.03. The summed E-state index contributed by atoms with van der Waals surface area (Å²) in [4.78, 5) is 67.2. The molecule has 0 saturated carbocycles. The number of aliphatic carboxylic acids is 1. The van der Waals surface area contributed by atoms with Crippen molar-refractivity contribution in [2.45, 2.75) is 29.9 Å². The molecule has 3 amide bonds. The number of nitrogen functional groups attached to an aromatic ring is 1. The van der Waals surface area contributed by atoms with E-state index in [0.29, 0.717) is 36.1 Å². The fourth-order valence-corrected chi connectivity index (χ4v) is 9.82. The van der Waals surface area contributed by atoms with Gasteiger partial charge in [-0.25, -0.2) is 9.78 Å². The number of carboxylic acid groups (broad SMARTS) is 1. The minimum atomic E-state index is -1.32.